The minimum atomic E-state index is -0.463. The maximum atomic E-state index is 12.5. The van der Waals surface area contributed by atoms with Crippen molar-refractivity contribution >= 4 is 34.6 Å². The first-order chi connectivity index (χ1) is 11.9. The van der Waals surface area contributed by atoms with Gasteiger partial charge in [0.1, 0.15) is 5.69 Å². The van der Waals surface area contributed by atoms with E-state index in [9.17, 15) is 14.9 Å². The highest BCUT2D eigenvalue weighted by atomic mass is 35.5. The Morgan fingerprint density at radius 3 is 2.48 bits per heavy atom. The van der Waals surface area contributed by atoms with Crippen LogP contribution in [0.25, 0.3) is 0 Å². The zero-order valence-electron chi connectivity index (χ0n) is 14.4. The molecule has 0 aliphatic heterocycles. The Kier molecular flexibility index (Phi) is 5.98. The van der Waals surface area contributed by atoms with E-state index in [4.69, 9.17) is 11.6 Å². The number of nitrogens with one attached hydrogen (secondary N) is 1. The van der Waals surface area contributed by atoms with Crippen molar-refractivity contribution < 1.29 is 9.72 Å². The van der Waals surface area contributed by atoms with Crippen LogP contribution in [0.4, 0.5) is 17.1 Å². The Bertz CT molecular complexity index is 804. The summed E-state index contributed by atoms with van der Waals surface area (Å²) in [4.78, 5) is 25.3. The summed E-state index contributed by atoms with van der Waals surface area (Å²) in [6.07, 6.45) is 0. The van der Waals surface area contributed by atoms with Crippen LogP contribution in [0, 0.1) is 17.0 Å². The highest BCUT2D eigenvalue weighted by Gasteiger charge is 2.21. The van der Waals surface area contributed by atoms with Gasteiger partial charge in [0.25, 0.3) is 11.6 Å². The first-order valence-corrected chi connectivity index (χ1v) is 8.36. The normalized spacial score (nSPS) is 10.4. The molecule has 2 aromatic carbocycles. The zero-order valence-corrected chi connectivity index (χ0v) is 15.1. The molecule has 2 rings (SSSR count). The minimum absolute atomic E-state index is 0.0841. The predicted molar refractivity (Wildman–Crippen MR) is 101 cm³/mol. The van der Waals surface area contributed by atoms with Crippen molar-refractivity contribution in [2.24, 2.45) is 0 Å². The summed E-state index contributed by atoms with van der Waals surface area (Å²) >= 11 is 5.95. The van der Waals surface area contributed by atoms with Gasteiger partial charge in [0.15, 0.2) is 0 Å². The molecule has 0 aromatic heterocycles. The fourth-order valence-corrected chi connectivity index (χ4v) is 2.74. The SMILES string of the molecule is CCN(CC)c1ccc(C(=O)Nc2cc(Cl)ccc2C)cc1[N+](=O)[O-]. The standard InChI is InChI=1S/C18H20ClN3O3/c1-4-21(5-2)16-9-7-13(10-17(16)22(24)25)18(23)20-15-11-14(19)8-6-12(15)3/h6-11H,4-5H2,1-3H3,(H,20,23). The van der Waals surface area contributed by atoms with Crippen LogP contribution in [0.5, 0.6) is 0 Å². The van der Waals surface area contributed by atoms with E-state index in [0.29, 0.717) is 29.5 Å². The van der Waals surface area contributed by atoms with Crippen LogP contribution in [0.2, 0.25) is 5.02 Å². The highest BCUT2D eigenvalue weighted by Crippen LogP contribution is 2.30. The molecular formula is C18H20ClN3O3. The number of anilines is 2. The molecule has 0 spiro atoms. The molecule has 0 radical (unpaired) electrons. The van der Waals surface area contributed by atoms with Gasteiger partial charge < -0.3 is 10.2 Å². The van der Waals surface area contributed by atoms with E-state index >= 15 is 0 Å². The van der Waals surface area contributed by atoms with Crippen LogP contribution < -0.4 is 10.2 Å². The number of nitrogens with zero attached hydrogens (tertiary/aromatic N) is 2. The van der Waals surface area contributed by atoms with Gasteiger partial charge in [-0.2, -0.15) is 0 Å². The van der Waals surface area contributed by atoms with Gasteiger partial charge in [-0.3, -0.25) is 14.9 Å². The first kappa shape index (κ1) is 18.7. The summed E-state index contributed by atoms with van der Waals surface area (Å²) in [7, 11) is 0. The van der Waals surface area contributed by atoms with E-state index in [2.05, 4.69) is 5.32 Å². The number of carbonyl (C=O) groups is 1. The monoisotopic (exact) mass is 361 g/mol. The molecule has 132 valence electrons. The Labute approximate surface area is 151 Å². The highest BCUT2D eigenvalue weighted by molar-refractivity contribution is 6.31. The molecule has 0 saturated carbocycles. The van der Waals surface area contributed by atoms with Crippen LogP contribution in [0.1, 0.15) is 29.8 Å². The molecule has 7 heteroatoms. The molecule has 1 amide bonds. The van der Waals surface area contributed by atoms with Gasteiger partial charge in [0.2, 0.25) is 0 Å². The Morgan fingerprint density at radius 2 is 1.88 bits per heavy atom. The van der Waals surface area contributed by atoms with Crippen molar-refractivity contribution in [3.63, 3.8) is 0 Å². The lowest BCUT2D eigenvalue weighted by Gasteiger charge is -2.21. The second-order valence-corrected chi connectivity index (χ2v) is 5.98. The third kappa shape index (κ3) is 4.28. The molecule has 0 heterocycles. The number of rotatable bonds is 6. The van der Waals surface area contributed by atoms with Crippen LogP contribution in [0.3, 0.4) is 0 Å². The van der Waals surface area contributed by atoms with Crippen molar-refractivity contribution in [3.8, 4) is 0 Å². The van der Waals surface area contributed by atoms with E-state index in [1.54, 1.807) is 30.3 Å². The van der Waals surface area contributed by atoms with Crippen molar-refractivity contribution in [1.82, 2.24) is 0 Å². The molecule has 0 saturated heterocycles. The topological polar surface area (TPSA) is 75.5 Å². The average molecular weight is 362 g/mol. The van der Waals surface area contributed by atoms with E-state index < -0.39 is 10.8 Å². The maximum absolute atomic E-state index is 12.5. The number of halogens is 1. The summed E-state index contributed by atoms with van der Waals surface area (Å²) in [6, 6.07) is 9.69. The molecule has 0 fully saturated rings. The lowest BCUT2D eigenvalue weighted by molar-refractivity contribution is -0.384. The quantitative estimate of drug-likeness (QED) is 0.600. The molecule has 1 N–H and O–H groups in total. The third-order valence-electron chi connectivity index (χ3n) is 3.99. The molecule has 0 aliphatic carbocycles. The molecule has 2 aromatic rings. The fraction of sp³-hybridized carbons (Fsp3) is 0.278. The number of amides is 1. The van der Waals surface area contributed by atoms with E-state index in [1.807, 2.05) is 25.7 Å². The lowest BCUT2D eigenvalue weighted by Crippen LogP contribution is -2.23. The second kappa shape index (κ2) is 7.98. The molecule has 25 heavy (non-hydrogen) atoms. The third-order valence-corrected chi connectivity index (χ3v) is 4.22. The largest absolute Gasteiger partial charge is 0.367 e. The van der Waals surface area contributed by atoms with Gasteiger partial charge in [0, 0.05) is 35.4 Å². The predicted octanol–water partition coefficient (Wildman–Crippen LogP) is 4.66. The Balaban J connectivity index is 2.36. The van der Waals surface area contributed by atoms with E-state index in [0.717, 1.165) is 5.56 Å². The average Bonchev–Trinajstić information content (AvgIpc) is 2.59. The lowest BCUT2D eigenvalue weighted by atomic mass is 10.1. The first-order valence-electron chi connectivity index (χ1n) is 7.98. The van der Waals surface area contributed by atoms with Crippen molar-refractivity contribution in [2.75, 3.05) is 23.3 Å². The number of benzene rings is 2. The van der Waals surface area contributed by atoms with Gasteiger partial charge in [-0.1, -0.05) is 17.7 Å². The number of aryl methyl sites for hydroxylation is 1. The number of nitro groups is 1. The summed E-state index contributed by atoms with van der Waals surface area (Å²) in [6.45, 7) is 6.98. The summed E-state index contributed by atoms with van der Waals surface area (Å²) in [5.74, 6) is -0.417. The van der Waals surface area contributed by atoms with Crippen LogP contribution in [0.15, 0.2) is 36.4 Å². The van der Waals surface area contributed by atoms with Gasteiger partial charge in [-0.15, -0.1) is 0 Å². The number of nitro benzene ring substituents is 1. The summed E-state index contributed by atoms with van der Waals surface area (Å²) in [5, 5.41) is 14.7. The minimum Gasteiger partial charge on any atom is -0.367 e. The second-order valence-electron chi connectivity index (χ2n) is 5.55. The smallest absolute Gasteiger partial charge is 0.293 e. The Hall–Kier alpha value is -2.60. The van der Waals surface area contributed by atoms with Crippen LogP contribution in [-0.2, 0) is 0 Å². The van der Waals surface area contributed by atoms with Gasteiger partial charge in [-0.05, 0) is 50.6 Å². The van der Waals surface area contributed by atoms with Gasteiger partial charge >= 0.3 is 0 Å². The maximum Gasteiger partial charge on any atom is 0.293 e. The molecule has 6 nitrogen and oxygen atoms in total. The van der Waals surface area contributed by atoms with Crippen LogP contribution >= 0.6 is 11.6 Å². The number of carbonyl (C=O) groups excluding carboxylic acids is 1. The molecule has 0 unspecified atom stereocenters. The number of hydrogen-bond donors (Lipinski definition) is 1. The van der Waals surface area contributed by atoms with Gasteiger partial charge in [-0.25, -0.2) is 0 Å². The van der Waals surface area contributed by atoms with Gasteiger partial charge in [0.05, 0.1) is 4.92 Å². The fourth-order valence-electron chi connectivity index (χ4n) is 2.57. The van der Waals surface area contributed by atoms with Crippen molar-refractivity contribution in [1.29, 1.82) is 0 Å². The summed E-state index contributed by atoms with van der Waals surface area (Å²) in [5.41, 5.74) is 2.08. The van der Waals surface area contributed by atoms with Crippen molar-refractivity contribution in [3.05, 3.63) is 62.7 Å². The van der Waals surface area contributed by atoms with Crippen LogP contribution in [-0.4, -0.2) is 23.9 Å². The van der Waals surface area contributed by atoms with Crippen molar-refractivity contribution in [2.45, 2.75) is 20.8 Å². The molecular weight excluding hydrogens is 342 g/mol. The Morgan fingerprint density at radius 1 is 1.20 bits per heavy atom. The molecule has 0 atom stereocenters. The molecule has 0 bridgehead atoms. The van der Waals surface area contributed by atoms with E-state index in [1.165, 1.54) is 6.07 Å². The molecule has 0 aliphatic rings. The van der Waals surface area contributed by atoms with E-state index in [-0.39, 0.29) is 11.3 Å². The summed E-state index contributed by atoms with van der Waals surface area (Å²) < 4.78 is 0. The number of hydrogen-bond acceptors (Lipinski definition) is 4. The zero-order chi connectivity index (χ0) is 18.6.